The number of hydrogen-bond donors (Lipinski definition) is 2. The number of nitrogens with one attached hydrogen (secondary N) is 1. The van der Waals surface area contributed by atoms with Gasteiger partial charge in [-0.25, -0.2) is 0 Å². The van der Waals surface area contributed by atoms with Gasteiger partial charge in [-0.15, -0.1) is 0 Å². The van der Waals surface area contributed by atoms with Crippen LogP contribution >= 0.6 is 0 Å². The number of carbonyl (C=O) groups is 3. The van der Waals surface area contributed by atoms with Gasteiger partial charge in [0.2, 0.25) is 5.91 Å². The molecule has 0 heterocycles. The Morgan fingerprint density at radius 1 is 0.605 bits per heavy atom. The van der Waals surface area contributed by atoms with E-state index < -0.39 is 5.97 Å². The quantitative estimate of drug-likeness (QED) is 0.0452. The van der Waals surface area contributed by atoms with Gasteiger partial charge in [-0.2, -0.15) is 0 Å². The van der Waals surface area contributed by atoms with Crippen molar-refractivity contribution in [3.05, 3.63) is 24.3 Å². The lowest BCUT2D eigenvalue weighted by molar-refractivity contribution is -0.147. The third kappa shape index (κ3) is 32.6. The zero-order valence-corrected chi connectivity index (χ0v) is 28.1. The van der Waals surface area contributed by atoms with E-state index in [1.54, 1.807) is 0 Å². The summed E-state index contributed by atoms with van der Waals surface area (Å²) in [6.45, 7) is 4.17. The number of rotatable bonds is 32. The Hall–Kier alpha value is -2.11. The van der Waals surface area contributed by atoms with Crippen molar-refractivity contribution in [2.24, 2.45) is 0 Å². The molecule has 0 rings (SSSR count). The van der Waals surface area contributed by atoms with E-state index in [-0.39, 0.29) is 24.5 Å². The summed E-state index contributed by atoms with van der Waals surface area (Å²) >= 11 is 0. The second-order valence-corrected chi connectivity index (χ2v) is 12.1. The summed E-state index contributed by atoms with van der Waals surface area (Å²) in [4.78, 5) is 34.7. The maximum absolute atomic E-state index is 12.6. The molecule has 0 spiro atoms. The maximum Gasteiger partial charge on any atom is 0.322 e. The molecule has 0 saturated heterocycles. The fourth-order valence-electron chi connectivity index (χ4n) is 5.11. The average molecular weight is 606 g/mol. The van der Waals surface area contributed by atoms with E-state index in [9.17, 15) is 14.4 Å². The van der Waals surface area contributed by atoms with Crippen LogP contribution in [0.5, 0.6) is 0 Å². The lowest BCUT2D eigenvalue weighted by Crippen LogP contribution is -2.28. The molecular formula is C37H67NO5. The Labute approximate surface area is 264 Å². The normalized spacial score (nSPS) is 12.2. The number of carboxylic acids is 1. The number of ether oxygens (including phenoxy) is 1. The molecule has 6 heteroatoms. The van der Waals surface area contributed by atoms with Crippen molar-refractivity contribution in [2.75, 3.05) is 6.54 Å². The fraction of sp³-hybridized carbons (Fsp3) is 0.811. The summed E-state index contributed by atoms with van der Waals surface area (Å²) in [5.74, 6) is -1.27. The van der Waals surface area contributed by atoms with Crippen LogP contribution in [-0.4, -0.2) is 35.6 Å². The molecule has 43 heavy (non-hydrogen) atoms. The van der Waals surface area contributed by atoms with Gasteiger partial charge in [-0.05, 0) is 63.9 Å². The number of carboxylic acid groups (broad SMARTS) is 1. The van der Waals surface area contributed by atoms with Crippen LogP contribution in [0.15, 0.2) is 24.3 Å². The van der Waals surface area contributed by atoms with E-state index in [1.807, 2.05) is 0 Å². The predicted molar refractivity (Wildman–Crippen MR) is 180 cm³/mol. The Balaban J connectivity index is 4.22. The van der Waals surface area contributed by atoms with Crippen LogP contribution in [0.4, 0.5) is 0 Å². The van der Waals surface area contributed by atoms with Gasteiger partial charge in [0, 0.05) is 12.8 Å². The van der Waals surface area contributed by atoms with Crippen LogP contribution < -0.4 is 5.32 Å². The third-order valence-electron chi connectivity index (χ3n) is 7.83. The summed E-state index contributed by atoms with van der Waals surface area (Å²) < 4.78 is 5.90. The molecule has 0 aromatic rings. The minimum absolute atomic E-state index is 0.0643. The van der Waals surface area contributed by atoms with Gasteiger partial charge in [0.1, 0.15) is 12.6 Å². The first-order valence-corrected chi connectivity index (χ1v) is 18.0. The smallest absolute Gasteiger partial charge is 0.322 e. The zero-order valence-electron chi connectivity index (χ0n) is 28.1. The van der Waals surface area contributed by atoms with Crippen molar-refractivity contribution in [3.8, 4) is 0 Å². The van der Waals surface area contributed by atoms with Gasteiger partial charge < -0.3 is 15.2 Å². The van der Waals surface area contributed by atoms with Gasteiger partial charge in [0.15, 0.2) is 0 Å². The molecule has 2 N–H and O–H groups in total. The predicted octanol–water partition coefficient (Wildman–Crippen LogP) is 10.4. The van der Waals surface area contributed by atoms with Gasteiger partial charge in [0.25, 0.3) is 0 Å². The van der Waals surface area contributed by atoms with Gasteiger partial charge in [-0.1, -0.05) is 128 Å². The van der Waals surface area contributed by atoms with E-state index in [0.717, 1.165) is 64.2 Å². The number of unbranched alkanes of at least 4 members (excludes halogenated alkanes) is 19. The highest BCUT2D eigenvalue weighted by atomic mass is 16.5. The summed E-state index contributed by atoms with van der Waals surface area (Å²) in [5.41, 5.74) is 0. The molecule has 1 amide bonds. The molecule has 1 unspecified atom stereocenters. The third-order valence-corrected chi connectivity index (χ3v) is 7.83. The summed E-state index contributed by atoms with van der Waals surface area (Å²) in [6, 6.07) is 0. The minimum atomic E-state index is -1.02. The number of hydrogen-bond acceptors (Lipinski definition) is 4. The molecule has 0 aliphatic carbocycles. The standard InChI is InChI=1S/C37H67NO5/c1-3-5-7-9-11-13-14-16-18-24-28-32-37(42)43-34(29-25-21-17-15-12-10-8-6-4-2)30-26-22-19-20-23-27-31-35(39)38-33-36(40)41/h9,11,25,29,34H,3-8,10,12-24,26-28,30-33H2,1-2H3,(H,38,39)(H,40,41)/b11-9-,29-25-. The van der Waals surface area contributed by atoms with E-state index in [4.69, 9.17) is 9.84 Å². The highest BCUT2D eigenvalue weighted by Crippen LogP contribution is 2.16. The molecule has 250 valence electrons. The molecule has 0 fully saturated rings. The van der Waals surface area contributed by atoms with Crippen LogP contribution in [0.2, 0.25) is 0 Å². The number of aliphatic carboxylic acids is 1. The summed E-state index contributed by atoms with van der Waals surface area (Å²) in [5, 5.41) is 11.0. The van der Waals surface area contributed by atoms with E-state index in [1.165, 1.54) is 89.9 Å². The highest BCUT2D eigenvalue weighted by Gasteiger charge is 2.11. The largest absolute Gasteiger partial charge is 0.480 e. The first-order valence-electron chi connectivity index (χ1n) is 18.0. The minimum Gasteiger partial charge on any atom is -0.480 e. The Morgan fingerprint density at radius 3 is 1.70 bits per heavy atom. The van der Waals surface area contributed by atoms with Crippen molar-refractivity contribution in [3.63, 3.8) is 0 Å². The molecule has 6 nitrogen and oxygen atoms in total. The first-order chi connectivity index (χ1) is 21.0. The van der Waals surface area contributed by atoms with Crippen molar-refractivity contribution in [1.82, 2.24) is 5.32 Å². The average Bonchev–Trinajstić information content (AvgIpc) is 2.99. The van der Waals surface area contributed by atoms with Gasteiger partial charge >= 0.3 is 11.9 Å². The van der Waals surface area contributed by atoms with Crippen LogP contribution in [0, 0.1) is 0 Å². The summed E-state index contributed by atoms with van der Waals surface area (Å²) in [7, 11) is 0. The van der Waals surface area contributed by atoms with E-state index in [0.29, 0.717) is 12.8 Å². The molecule has 0 aliphatic rings. The number of esters is 1. The second kappa shape index (κ2) is 32.8. The van der Waals surface area contributed by atoms with Gasteiger partial charge in [0.05, 0.1) is 0 Å². The van der Waals surface area contributed by atoms with Crippen molar-refractivity contribution in [1.29, 1.82) is 0 Å². The van der Waals surface area contributed by atoms with Crippen LogP contribution in [0.1, 0.15) is 181 Å². The topological polar surface area (TPSA) is 92.7 Å². The van der Waals surface area contributed by atoms with E-state index in [2.05, 4.69) is 43.5 Å². The van der Waals surface area contributed by atoms with Gasteiger partial charge in [-0.3, -0.25) is 14.4 Å². The van der Waals surface area contributed by atoms with Crippen molar-refractivity contribution < 1.29 is 24.2 Å². The number of amides is 1. The SMILES string of the molecule is CCCC/C=C\CCCCCCCC(=O)OC(/C=C\CCCCCCCCC)CCCCCCCCC(=O)NCC(=O)O. The van der Waals surface area contributed by atoms with Crippen LogP contribution in [0.3, 0.4) is 0 Å². The first kappa shape index (κ1) is 40.9. The monoisotopic (exact) mass is 606 g/mol. The van der Waals surface area contributed by atoms with Crippen LogP contribution in [0.25, 0.3) is 0 Å². The van der Waals surface area contributed by atoms with Crippen LogP contribution in [-0.2, 0) is 19.1 Å². The summed E-state index contributed by atoms with van der Waals surface area (Å²) in [6.07, 6.45) is 37.3. The zero-order chi connectivity index (χ0) is 31.6. The Bertz CT molecular complexity index is 718. The molecule has 1 atom stereocenters. The lowest BCUT2D eigenvalue weighted by atomic mass is 10.0. The lowest BCUT2D eigenvalue weighted by Gasteiger charge is -2.15. The molecule has 0 radical (unpaired) electrons. The maximum atomic E-state index is 12.6. The Kier molecular flexibility index (Phi) is 31.2. The molecule has 0 aromatic heterocycles. The second-order valence-electron chi connectivity index (χ2n) is 12.1. The molecular weight excluding hydrogens is 538 g/mol. The molecule has 0 aliphatic heterocycles. The van der Waals surface area contributed by atoms with Crippen molar-refractivity contribution in [2.45, 2.75) is 187 Å². The van der Waals surface area contributed by atoms with Crippen molar-refractivity contribution >= 4 is 17.8 Å². The number of allylic oxidation sites excluding steroid dienone is 3. The number of carbonyl (C=O) groups excluding carboxylic acids is 2. The molecule has 0 bridgehead atoms. The van der Waals surface area contributed by atoms with E-state index >= 15 is 0 Å². The highest BCUT2D eigenvalue weighted by molar-refractivity contribution is 5.80. The fourth-order valence-corrected chi connectivity index (χ4v) is 5.11. The molecule has 0 saturated carbocycles. The molecule has 0 aromatic carbocycles. The Morgan fingerprint density at radius 2 is 1.09 bits per heavy atom.